The first-order chi connectivity index (χ1) is 13.5. The Balaban J connectivity index is 1.70. The summed E-state index contributed by atoms with van der Waals surface area (Å²) in [5, 5.41) is 2.94. The summed E-state index contributed by atoms with van der Waals surface area (Å²) < 4.78 is 5.65. The molecule has 0 bridgehead atoms. The standard InChI is InChI=1S/C24H29NO3/c1-17-12-13-18(2)21(16-17)25-24(27)23(20-10-4-3-5-11-20)28-22(26)15-14-19-8-6-7-9-19/h3-5,10-13,16,19,23H,6-9,14-15H2,1-2H3,(H,25,27)/t23-/m0/s1. The SMILES string of the molecule is Cc1ccc(C)c(NC(=O)[C@@H](OC(=O)CCC2CCCC2)c2ccccc2)c1. The number of esters is 1. The van der Waals surface area contributed by atoms with Crippen LogP contribution in [0.15, 0.2) is 48.5 Å². The lowest BCUT2D eigenvalue weighted by Crippen LogP contribution is -2.26. The molecular formula is C24H29NO3. The summed E-state index contributed by atoms with van der Waals surface area (Å²) in [6, 6.07) is 15.1. The Morgan fingerprint density at radius 2 is 1.79 bits per heavy atom. The minimum atomic E-state index is -0.947. The second kappa shape index (κ2) is 9.54. The van der Waals surface area contributed by atoms with Crippen molar-refractivity contribution in [1.82, 2.24) is 0 Å². The second-order valence-electron chi connectivity index (χ2n) is 7.78. The van der Waals surface area contributed by atoms with Gasteiger partial charge in [0.05, 0.1) is 0 Å². The van der Waals surface area contributed by atoms with Crippen molar-refractivity contribution < 1.29 is 14.3 Å². The molecule has 0 heterocycles. The smallest absolute Gasteiger partial charge is 0.306 e. The molecule has 0 unspecified atom stereocenters. The van der Waals surface area contributed by atoms with E-state index >= 15 is 0 Å². The zero-order valence-electron chi connectivity index (χ0n) is 16.7. The predicted octanol–water partition coefficient (Wildman–Crippen LogP) is 5.50. The number of ether oxygens (including phenoxy) is 1. The van der Waals surface area contributed by atoms with Gasteiger partial charge in [-0.15, -0.1) is 0 Å². The Kier molecular flexibility index (Phi) is 6.85. The monoisotopic (exact) mass is 379 g/mol. The van der Waals surface area contributed by atoms with Gasteiger partial charge >= 0.3 is 5.97 Å². The summed E-state index contributed by atoms with van der Waals surface area (Å²) in [5.41, 5.74) is 3.46. The molecule has 1 amide bonds. The third-order valence-electron chi connectivity index (χ3n) is 5.47. The number of hydrogen-bond acceptors (Lipinski definition) is 3. The van der Waals surface area contributed by atoms with E-state index in [0.717, 1.165) is 23.2 Å². The lowest BCUT2D eigenvalue weighted by Gasteiger charge is -2.19. The van der Waals surface area contributed by atoms with Crippen LogP contribution in [-0.4, -0.2) is 11.9 Å². The van der Waals surface area contributed by atoms with E-state index in [0.29, 0.717) is 17.9 Å². The maximum atomic E-state index is 13.0. The van der Waals surface area contributed by atoms with Gasteiger partial charge in [0.1, 0.15) is 0 Å². The van der Waals surface area contributed by atoms with Gasteiger partial charge in [-0.25, -0.2) is 0 Å². The Bertz CT molecular complexity index is 810. The van der Waals surface area contributed by atoms with Gasteiger partial charge in [-0.05, 0) is 43.4 Å². The molecule has 0 spiro atoms. The molecule has 1 aliphatic rings. The van der Waals surface area contributed by atoms with Crippen LogP contribution >= 0.6 is 0 Å². The molecule has 0 aromatic heterocycles. The first-order valence-electron chi connectivity index (χ1n) is 10.2. The Morgan fingerprint density at radius 1 is 1.07 bits per heavy atom. The van der Waals surface area contributed by atoms with Crippen LogP contribution in [-0.2, 0) is 14.3 Å². The summed E-state index contributed by atoms with van der Waals surface area (Å²) in [6.07, 6.45) is 5.17. The van der Waals surface area contributed by atoms with Crippen molar-refractivity contribution in [2.24, 2.45) is 5.92 Å². The molecular weight excluding hydrogens is 350 g/mol. The molecule has 0 radical (unpaired) electrons. The van der Waals surface area contributed by atoms with E-state index in [1.54, 1.807) is 0 Å². The highest BCUT2D eigenvalue weighted by Gasteiger charge is 2.26. The molecule has 148 valence electrons. The van der Waals surface area contributed by atoms with Crippen LogP contribution in [0.25, 0.3) is 0 Å². The van der Waals surface area contributed by atoms with Gasteiger partial charge in [-0.2, -0.15) is 0 Å². The van der Waals surface area contributed by atoms with Gasteiger partial charge in [0.15, 0.2) is 0 Å². The van der Waals surface area contributed by atoms with E-state index in [9.17, 15) is 9.59 Å². The molecule has 1 saturated carbocycles. The van der Waals surface area contributed by atoms with Crippen LogP contribution in [0, 0.1) is 19.8 Å². The van der Waals surface area contributed by atoms with Crippen LogP contribution < -0.4 is 5.32 Å². The van der Waals surface area contributed by atoms with E-state index in [4.69, 9.17) is 4.74 Å². The summed E-state index contributed by atoms with van der Waals surface area (Å²) in [5.74, 6) is -0.0162. The van der Waals surface area contributed by atoms with Crippen molar-refractivity contribution >= 4 is 17.6 Å². The molecule has 28 heavy (non-hydrogen) atoms. The van der Waals surface area contributed by atoms with E-state index < -0.39 is 6.10 Å². The largest absolute Gasteiger partial charge is 0.447 e. The van der Waals surface area contributed by atoms with Crippen molar-refractivity contribution in [1.29, 1.82) is 0 Å². The van der Waals surface area contributed by atoms with Gasteiger partial charge in [0.2, 0.25) is 6.10 Å². The molecule has 0 aliphatic heterocycles. The average Bonchev–Trinajstić information content (AvgIpc) is 3.21. The van der Waals surface area contributed by atoms with Crippen molar-refractivity contribution in [3.8, 4) is 0 Å². The number of amides is 1. The maximum Gasteiger partial charge on any atom is 0.306 e. The lowest BCUT2D eigenvalue weighted by molar-refractivity contribution is -0.155. The van der Waals surface area contributed by atoms with Crippen molar-refractivity contribution in [3.63, 3.8) is 0 Å². The number of nitrogens with one attached hydrogen (secondary N) is 1. The van der Waals surface area contributed by atoms with Gasteiger partial charge < -0.3 is 10.1 Å². The van der Waals surface area contributed by atoms with Crippen LogP contribution in [0.5, 0.6) is 0 Å². The number of carbonyl (C=O) groups is 2. The number of rotatable bonds is 7. The fraction of sp³-hybridized carbons (Fsp3) is 0.417. The Labute approximate surface area is 167 Å². The molecule has 4 nitrogen and oxygen atoms in total. The van der Waals surface area contributed by atoms with E-state index in [1.807, 2.05) is 62.4 Å². The minimum Gasteiger partial charge on any atom is -0.447 e. The Hall–Kier alpha value is -2.62. The number of carbonyl (C=O) groups excluding carboxylic acids is 2. The topological polar surface area (TPSA) is 55.4 Å². The van der Waals surface area contributed by atoms with E-state index in [-0.39, 0.29) is 11.9 Å². The summed E-state index contributed by atoms with van der Waals surface area (Å²) in [4.78, 5) is 25.4. The molecule has 1 aliphatic carbocycles. The minimum absolute atomic E-state index is 0.308. The zero-order valence-corrected chi connectivity index (χ0v) is 16.7. The summed E-state index contributed by atoms with van der Waals surface area (Å²) in [6.45, 7) is 3.92. The van der Waals surface area contributed by atoms with Gasteiger partial charge in [-0.3, -0.25) is 9.59 Å². The van der Waals surface area contributed by atoms with Crippen molar-refractivity contribution in [3.05, 3.63) is 65.2 Å². The molecule has 0 saturated heterocycles. The number of hydrogen-bond donors (Lipinski definition) is 1. The predicted molar refractivity (Wildman–Crippen MR) is 111 cm³/mol. The van der Waals surface area contributed by atoms with Crippen LogP contribution in [0.3, 0.4) is 0 Å². The molecule has 1 atom stereocenters. The summed E-state index contributed by atoms with van der Waals surface area (Å²) in [7, 11) is 0. The quantitative estimate of drug-likeness (QED) is 0.647. The van der Waals surface area contributed by atoms with E-state index in [2.05, 4.69) is 5.32 Å². The molecule has 4 heteroatoms. The normalized spacial score (nSPS) is 15.2. The summed E-state index contributed by atoms with van der Waals surface area (Å²) >= 11 is 0. The van der Waals surface area contributed by atoms with Crippen molar-refractivity contribution in [2.45, 2.75) is 58.5 Å². The van der Waals surface area contributed by atoms with Crippen molar-refractivity contribution in [2.75, 3.05) is 5.32 Å². The van der Waals surface area contributed by atoms with Gasteiger partial charge in [-0.1, -0.05) is 68.1 Å². The number of aryl methyl sites for hydroxylation is 2. The van der Waals surface area contributed by atoms with Gasteiger partial charge in [0.25, 0.3) is 5.91 Å². The first kappa shape index (κ1) is 20.1. The lowest BCUT2D eigenvalue weighted by atomic mass is 10.0. The third-order valence-corrected chi connectivity index (χ3v) is 5.47. The molecule has 1 N–H and O–H groups in total. The van der Waals surface area contributed by atoms with Gasteiger partial charge in [0, 0.05) is 17.7 Å². The highest BCUT2D eigenvalue weighted by molar-refractivity contribution is 5.96. The fourth-order valence-corrected chi connectivity index (χ4v) is 3.78. The molecule has 2 aromatic rings. The fourth-order valence-electron chi connectivity index (χ4n) is 3.78. The first-order valence-corrected chi connectivity index (χ1v) is 10.2. The van der Waals surface area contributed by atoms with Crippen LogP contribution in [0.2, 0.25) is 0 Å². The number of benzene rings is 2. The average molecular weight is 380 g/mol. The van der Waals surface area contributed by atoms with Crippen LogP contribution in [0.1, 0.15) is 61.3 Å². The number of anilines is 1. The Morgan fingerprint density at radius 3 is 2.50 bits per heavy atom. The highest BCUT2D eigenvalue weighted by Crippen LogP contribution is 2.29. The molecule has 2 aromatic carbocycles. The second-order valence-corrected chi connectivity index (χ2v) is 7.78. The zero-order chi connectivity index (χ0) is 19.9. The van der Waals surface area contributed by atoms with Crippen LogP contribution in [0.4, 0.5) is 5.69 Å². The molecule has 3 rings (SSSR count). The maximum absolute atomic E-state index is 13.0. The molecule has 1 fully saturated rings. The van der Waals surface area contributed by atoms with E-state index in [1.165, 1.54) is 25.7 Å². The third kappa shape index (κ3) is 5.44. The highest BCUT2D eigenvalue weighted by atomic mass is 16.5.